The van der Waals surface area contributed by atoms with Crippen molar-refractivity contribution in [1.82, 2.24) is 19.5 Å². The van der Waals surface area contributed by atoms with E-state index < -0.39 is 6.03 Å². The molecule has 1 aliphatic rings. The third-order valence-electron chi connectivity index (χ3n) is 6.65. The van der Waals surface area contributed by atoms with Gasteiger partial charge in [0.2, 0.25) is 0 Å². The number of aldehydes is 1. The number of aryl methyl sites for hydroxylation is 2. The van der Waals surface area contributed by atoms with E-state index in [1.54, 1.807) is 20.1 Å². The van der Waals surface area contributed by atoms with Crippen molar-refractivity contribution in [2.45, 2.75) is 46.1 Å². The number of amides is 2. The minimum atomic E-state index is -0.460. The third-order valence-corrected chi connectivity index (χ3v) is 6.65. The predicted molar refractivity (Wildman–Crippen MR) is 150 cm³/mol. The number of ether oxygens (including phenoxy) is 1. The number of nitrogens with one attached hydrogen (secondary N) is 2. The highest BCUT2D eigenvalue weighted by Crippen LogP contribution is 2.28. The molecule has 1 aliphatic heterocycles. The number of rotatable bonds is 9. The van der Waals surface area contributed by atoms with Crippen molar-refractivity contribution >= 4 is 29.6 Å². The Morgan fingerprint density at radius 3 is 2.75 bits per heavy atom. The van der Waals surface area contributed by atoms with Gasteiger partial charge in [-0.3, -0.25) is 24.4 Å². The number of hydrogen-bond acceptors (Lipinski definition) is 9. The number of hydrogen-bond donors (Lipinski definition) is 2. The number of aromatic nitrogens is 4. The lowest BCUT2D eigenvalue weighted by Crippen LogP contribution is -2.40. The number of carbonyl (C=O) groups is 2. The lowest BCUT2D eigenvalue weighted by molar-refractivity contribution is 0.111. The Kier molecular flexibility index (Phi) is 8.86. The molecule has 4 heterocycles. The highest BCUT2D eigenvalue weighted by atomic mass is 16.5. The minimum Gasteiger partial charge on any atom is -0.383 e. The van der Waals surface area contributed by atoms with Crippen LogP contribution in [0.5, 0.6) is 0 Å². The first-order chi connectivity index (χ1) is 19.2. The Morgan fingerprint density at radius 1 is 1.27 bits per heavy atom. The van der Waals surface area contributed by atoms with Gasteiger partial charge >= 0.3 is 6.03 Å². The number of fused-ring (bicyclic) bond motifs is 1. The van der Waals surface area contributed by atoms with Crippen molar-refractivity contribution in [3.8, 4) is 6.07 Å². The summed E-state index contributed by atoms with van der Waals surface area (Å²) in [7, 11) is 1.58. The Morgan fingerprint density at radius 2 is 2.08 bits per heavy atom. The second-order valence-corrected chi connectivity index (χ2v) is 9.77. The molecule has 12 heteroatoms. The molecule has 0 aliphatic carbocycles. The average Bonchev–Trinajstić information content (AvgIpc) is 2.94. The van der Waals surface area contributed by atoms with Crippen LogP contribution in [0, 0.1) is 18.3 Å². The van der Waals surface area contributed by atoms with Crippen LogP contribution in [-0.2, 0) is 17.7 Å². The van der Waals surface area contributed by atoms with E-state index >= 15 is 0 Å². The molecular weight excluding hydrogens is 512 g/mol. The summed E-state index contributed by atoms with van der Waals surface area (Å²) < 4.78 is 6.56. The van der Waals surface area contributed by atoms with Gasteiger partial charge in [-0.2, -0.15) is 5.26 Å². The Bertz CT molecular complexity index is 1530. The van der Waals surface area contributed by atoms with E-state index in [-0.39, 0.29) is 29.5 Å². The standard InChI is InChI=1S/C28H32N8O4/c1-17(2)22-12-26(38)36(18(3)32-22)15-20-10-19-6-5-8-35(27(19)33-24(20)16-37)28(39)34-25-11-23(30-7-9-40-4)21(13-29)14-31-25/h10-12,14,16-17H,5-9,15H2,1-4H3,(H2,30,31,34,39). The molecule has 0 saturated heterocycles. The minimum absolute atomic E-state index is 0.118. The quantitative estimate of drug-likeness (QED) is 0.305. The monoisotopic (exact) mass is 544 g/mol. The zero-order valence-electron chi connectivity index (χ0n) is 23.0. The largest absolute Gasteiger partial charge is 0.383 e. The van der Waals surface area contributed by atoms with Crippen LogP contribution < -0.4 is 21.1 Å². The molecular formula is C28H32N8O4. The van der Waals surface area contributed by atoms with E-state index in [4.69, 9.17) is 4.74 Å². The van der Waals surface area contributed by atoms with Crippen LogP contribution in [-0.4, -0.2) is 58.6 Å². The normalized spacial score (nSPS) is 12.6. The molecule has 0 radical (unpaired) electrons. The van der Waals surface area contributed by atoms with Crippen molar-refractivity contribution in [3.63, 3.8) is 0 Å². The van der Waals surface area contributed by atoms with Gasteiger partial charge in [0.1, 0.15) is 29.2 Å². The molecule has 2 N–H and O–H groups in total. The van der Waals surface area contributed by atoms with Gasteiger partial charge in [0.15, 0.2) is 6.29 Å². The molecule has 0 fully saturated rings. The van der Waals surface area contributed by atoms with Crippen LogP contribution in [0.25, 0.3) is 0 Å². The Hall–Kier alpha value is -4.63. The van der Waals surface area contributed by atoms with Crippen molar-refractivity contribution in [2.75, 3.05) is 42.3 Å². The first kappa shape index (κ1) is 28.4. The molecule has 0 saturated carbocycles. The first-order valence-electron chi connectivity index (χ1n) is 13.0. The van der Waals surface area contributed by atoms with Crippen molar-refractivity contribution < 1.29 is 14.3 Å². The number of pyridine rings is 2. The summed E-state index contributed by atoms with van der Waals surface area (Å²) in [6.45, 7) is 7.18. The Labute approximate surface area is 232 Å². The SMILES string of the molecule is COCCNc1cc(NC(=O)N2CCCc3cc(Cn4c(C)nc(C(C)C)cc4=O)c(C=O)nc32)ncc1C#N. The van der Waals surface area contributed by atoms with Crippen LogP contribution in [0.2, 0.25) is 0 Å². The van der Waals surface area contributed by atoms with Gasteiger partial charge in [-0.15, -0.1) is 0 Å². The lowest BCUT2D eigenvalue weighted by Gasteiger charge is -2.29. The molecule has 0 atom stereocenters. The molecule has 0 bridgehead atoms. The lowest BCUT2D eigenvalue weighted by atomic mass is 10.0. The highest BCUT2D eigenvalue weighted by molar-refractivity contribution is 6.01. The van der Waals surface area contributed by atoms with E-state index in [0.717, 1.165) is 5.56 Å². The van der Waals surface area contributed by atoms with Gasteiger partial charge in [0, 0.05) is 44.1 Å². The van der Waals surface area contributed by atoms with Crippen molar-refractivity contribution in [2.24, 2.45) is 0 Å². The van der Waals surface area contributed by atoms with Gasteiger partial charge in [-0.05, 0) is 37.3 Å². The zero-order valence-corrected chi connectivity index (χ0v) is 23.0. The molecule has 12 nitrogen and oxygen atoms in total. The summed E-state index contributed by atoms with van der Waals surface area (Å²) in [5.41, 5.74) is 2.92. The number of carbonyl (C=O) groups excluding carboxylic acids is 2. The summed E-state index contributed by atoms with van der Waals surface area (Å²) in [5, 5.41) is 15.2. The maximum absolute atomic E-state index is 13.3. The first-order valence-corrected chi connectivity index (χ1v) is 13.0. The average molecular weight is 545 g/mol. The second kappa shape index (κ2) is 12.5. The molecule has 40 heavy (non-hydrogen) atoms. The molecule has 0 unspecified atom stereocenters. The molecule has 3 aromatic heterocycles. The molecule has 3 aromatic rings. The summed E-state index contributed by atoms with van der Waals surface area (Å²) in [4.78, 5) is 52.9. The summed E-state index contributed by atoms with van der Waals surface area (Å²) >= 11 is 0. The van der Waals surface area contributed by atoms with E-state index in [9.17, 15) is 19.6 Å². The fourth-order valence-electron chi connectivity index (χ4n) is 4.51. The van der Waals surface area contributed by atoms with Crippen LogP contribution in [0.1, 0.15) is 64.9 Å². The molecule has 4 rings (SSSR count). The Balaban J connectivity index is 1.60. The maximum Gasteiger partial charge on any atom is 0.328 e. The van der Waals surface area contributed by atoms with Gasteiger partial charge in [0.05, 0.1) is 30.1 Å². The third kappa shape index (κ3) is 6.16. The summed E-state index contributed by atoms with van der Waals surface area (Å²) in [5.74, 6) is 1.32. The molecule has 208 valence electrons. The number of anilines is 3. The van der Waals surface area contributed by atoms with Gasteiger partial charge in [-0.1, -0.05) is 13.8 Å². The van der Waals surface area contributed by atoms with Crippen molar-refractivity contribution in [3.05, 3.63) is 68.7 Å². The summed E-state index contributed by atoms with van der Waals surface area (Å²) in [6.07, 6.45) is 3.38. The van der Waals surface area contributed by atoms with E-state index in [1.165, 1.54) is 21.7 Å². The van der Waals surface area contributed by atoms with E-state index in [2.05, 4.69) is 31.7 Å². The number of urea groups is 1. The van der Waals surface area contributed by atoms with Crippen LogP contribution in [0.15, 0.2) is 29.2 Å². The van der Waals surface area contributed by atoms with Gasteiger partial charge in [-0.25, -0.2) is 19.7 Å². The summed E-state index contributed by atoms with van der Waals surface area (Å²) in [6, 6.07) is 6.56. The second-order valence-electron chi connectivity index (χ2n) is 9.77. The highest BCUT2D eigenvalue weighted by Gasteiger charge is 2.26. The van der Waals surface area contributed by atoms with Gasteiger partial charge in [0.25, 0.3) is 5.56 Å². The maximum atomic E-state index is 13.3. The fourth-order valence-corrected chi connectivity index (χ4v) is 4.51. The van der Waals surface area contributed by atoms with E-state index in [0.29, 0.717) is 73.0 Å². The van der Waals surface area contributed by atoms with Crippen molar-refractivity contribution in [1.29, 1.82) is 5.26 Å². The number of nitrogens with zero attached hydrogens (tertiary/aromatic N) is 6. The van der Waals surface area contributed by atoms with Crippen LogP contribution in [0.3, 0.4) is 0 Å². The fraction of sp³-hybridized carbons (Fsp3) is 0.393. The predicted octanol–water partition coefficient (Wildman–Crippen LogP) is 3.24. The molecule has 0 spiro atoms. The number of nitriles is 1. The van der Waals surface area contributed by atoms with E-state index in [1.807, 2.05) is 19.9 Å². The topological polar surface area (TPSA) is 155 Å². The number of methoxy groups -OCH3 is 1. The molecule has 2 amide bonds. The van der Waals surface area contributed by atoms with Crippen LogP contribution >= 0.6 is 0 Å². The zero-order chi connectivity index (χ0) is 28.8. The van der Waals surface area contributed by atoms with Crippen LogP contribution in [0.4, 0.5) is 22.1 Å². The van der Waals surface area contributed by atoms with Gasteiger partial charge < -0.3 is 10.1 Å². The smallest absolute Gasteiger partial charge is 0.328 e. The molecule has 0 aromatic carbocycles.